The molecule has 4 N–H and O–H groups in total. The van der Waals surface area contributed by atoms with Crippen molar-refractivity contribution in [3.05, 3.63) is 158 Å². The number of phosphoric acid groups is 2. The number of esters is 3. The summed E-state index contributed by atoms with van der Waals surface area (Å²) >= 11 is 0. The first kappa shape index (κ1) is 96.2. The van der Waals surface area contributed by atoms with Gasteiger partial charge in [0.25, 0.3) is 0 Å². The van der Waals surface area contributed by atoms with Crippen molar-refractivity contribution in [2.45, 2.75) is 309 Å². The Bertz CT molecular complexity index is 2470. The van der Waals surface area contributed by atoms with Gasteiger partial charge in [0.15, 0.2) is 6.10 Å². The van der Waals surface area contributed by atoms with Gasteiger partial charge in [-0.05, 0) is 128 Å². The molecule has 0 aliphatic rings. The molecule has 0 saturated carbocycles. The van der Waals surface area contributed by atoms with E-state index in [0.29, 0.717) is 25.7 Å². The summed E-state index contributed by atoms with van der Waals surface area (Å²) in [6, 6.07) is 0. The van der Waals surface area contributed by atoms with Crippen LogP contribution in [0.4, 0.5) is 0 Å². The van der Waals surface area contributed by atoms with Crippen LogP contribution in [0.25, 0.3) is 0 Å². The maximum atomic E-state index is 12.9. The summed E-state index contributed by atoms with van der Waals surface area (Å²) in [5, 5.41) is 20.6. The number of aliphatic hydroxyl groups is 2. The Hall–Kier alpha value is -4.83. The lowest BCUT2D eigenvalue weighted by molar-refractivity contribution is -0.161. The molecule has 5 atom stereocenters. The smallest absolute Gasteiger partial charge is 0.463 e. The number of carbonyl (C=O) groups is 3. The fourth-order valence-corrected chi connectivity index (χ4v) is 11.5. The zero-order chi connectivity index (χ0) is 73.7. The minimum atomic E-state index is -4.95. The molecular formula is C83H138O16P2. The average Bonchev–Trinajstić information content (AvgIpc) is 0.964. The summed E-state index contributed by atoms with van der Waals surface area (Å²) in [6.07, 6.45) is 93.4. The quantitative estimate of drug-likeness (QED) is 0.0146. The molecule has 18 heteroatoms. The lowest BCUT2D eigenvalue weighted by atomic mass is 10.0. The first-order valence-corrected chi connectivity index (χ1v) is 41.8. The van der Waals surface area contributed by atoms with Crippen molar-refractivity contribution in [1.29, 1.82) is 0 Å². The van der Waals surface area contributed by atoms with Crippen LogP contribution in [-0.2, 0) is 55.8 Å². The second-order valence-corrected chi connectivity index (χ2v) is 28.3. The Labute approximate surface area is 612 Å². The van der Waals surface area contributed by atoms with Gasteiger partial charge in [0, 0.05) is 19.3 Å². The van der Waals surface area contributed by atoms with Gasteiger partial charge < -0.3 is 34.2 Å². The van der Waals surface area contributed by atoms with Gasteiger partial charge in [-0.25, -0.2) is 9.13 Å². The fourth-order valence-electron chi connectivity index (χ4n) is 9.90. The summed E-state index contributed by atoms with van der Waals surface area (Å²) in [5.41, 5.74) is 0. The van der Waals surface area contributed by atoms with Gasteiger partial charge >= 0.3 is 33.6 Å². The molecule has 0 aromatic rings. The zero-order valence-electron chi connectivity index (χ0n) is 62.8. The van der Waals surface area contributed by atoms with Gasteiger partial charge in [0.1, 0.15) is 25.4 Å². The molecule has 0 rings (SSSR count). The number of hydrogen-bond acceptors (Lipinski definition) is 14. The standard InChI is InChI=1S/C83H138O16P2/c1-4-7-10-13-16-19-22-25-27-29-31-32-33-34-35-36-37-38-39-40-41-42-43-44-46-48-49-52-54-57-60-63-66-69-81(86)93-72-78(84)73-95-100(89,90)96-74-79(85)75-97-101(91,92)98-77-80(99-83(88)71-68-65-62-59-56-51-24-21-18-15-12-9-6-3)76-94-82(87)70-67-64-61-58-55-53-50-47-45-30-28-26-23-20-17-14-11-8-5-2/h7-8,10-12,15-17,19-21,24-28,31-32,34-35,45,47,53,55,61,64,78-80,84-85H,4-6,9,13-14,18,22-23,29-30,33,36-44,46,48-52,54,56-60,62-63,65-77H2,1-3H3,(H,89,90)(H,91,92)/b10-7-,11-8-,15-12-,19-16-,20-17-,24-21-,27-25-,28-26-,32-31-,35-34-,47-45-,55-53-,64-61-. The van der Waals surface area contributed by atoms with Crippen LogP contribution in [0.15, 0.2) is 158 Å². The van der Waals surface area contributed by atoms with E-state index in [1.165, 1.54) is 89.9 Å². The van der Waals surface area contributed by atoms with E-state index in [1.807, 2.05) is 18.2 Å². The molecule has 101 heavy (non-hydrogen) atoms. The van der Waals surface area contributed by atoms with Crippen LogP contribution >= 0.6 is 15.6 Å². The van der Waals surface area contributed by atoms with E-state index < -0.39 is 91.5 Å². The molecule has 0 amide bonds. The molecule has 0 saturated heterocycles. The molecule has 0 aromatic heterocycles. The summed E-state index contributed by atoms with van der Waals surface area (Å²) in [7, 11) is -9.81. The third-order valence-electron chi connectivity index (χ3n) is 15.7. The molecule has 576 valence electrons. The van der Waals surface area contributed by atoms with E-state index in [0.717, 1.165) is 135 Å². The van der Waals surface area contributed by atoms with Crippen molar-refractivity contribution in [2.75, 3.05) is 39.6 Å². The first-order valence-electron chi connectivity index (χ1n) is 38.8. The highest BCUT2D eigenvalue weighted by molar-refractivity contribution is 7.47. The van der Waals surface area contributed by atoms with Crippen LogP contribution in [0, 0.1) is 0 Å². The molecule has 0 bridgehead atoms. The van der Waals surface area contributed by atoms with Crippen LogP contribution < -0.4 is 0 Å². The number of ether oxygens (including phenoxy) is 3. The van der Waals surface area contributed by atoms with E-state index in [4.69, 9.17) is 32.3 Å². The zero-order valence-corrected chi connectivity index (χ0v) is 64.6. The SMILES string of the molecule is CC/C=C\C/C=C\C/C=C\C/C=C\C/C=C\C/C=C\CCC(=O)OCC(COP(=O)(O)OCC(O)COP(=O)(O)OCC(O)COC(=O)CCCCCCCCCCCCCCCCCCC/C=C\C/C=C\C/C=C\C/C=C\C/C=C\CC)OC(=O)CCCCCCC/C=C\C/C=C\CCC. The minimum absolute atomic E-state index is 0.0380. The Balaban J connectivity index is 4.46. The minimum Gasteiger partial charge on any atom is -0.463 e. The van der Waals surface area contributed by atoms with Crippen LogP contribution in [0.3, 0.4) is 0 Å². The van der Waals surface area contributed by atoms with Crippen molar-refractivity contribution >= 4 is 33.6 Å². The summed E-state index contributed by atoms with van der Waals surface area (Å²) in [4.78, 5) is 58.5. The second kappa shape index (κ2) is 74.9. The number of rotatable bonds is 72. The Morgan fingerprint density at radius 2 is 0.545 bits per heavy atom. The number of hydrogen-bond donors (Lipinski definition) is 4. The van der Waals surface area contributed by atoms with E-state index >= 15 is 0 Å². The van der Waals surface area contributed by atoms with E-state index in [2.05, 4.69) is 161 Å². The highest BCUT2D eigenvalue weighted by Crippen LogP contribution is 2.45. The van der Waals surface area contributed by atoms with Gasteiger partial charge in [0.2, 0.25) is 0 Å². The van der Waals surface area contributed by atoms with Gasteiger partial charge in [-0.3, -0.25) is 32.5 Å². The van der Waals surface area contributed by atoms with E-state index in [-0.39, 0.29) is 19.3 Å². The van der Waals surface area contributed by atoms with Crippen molar-refractivity contribution in [2.24, 2.45) is 0 Å². The van der Waals surface area contributed by atoms with Crippen molar-refractivity contribution < 1.29 is 75.8 Å². The van der Waals surface area contributed by atoms with Gasteiger partial charge in [-0.1, -0.05) is 301 Å². The molecule has 0 radical (unpaired) electrons. The maximum absolute atomic E-state index is 12.9. The van der Waals surface area contributed by atoms with Crippen LogP contribution in [0.2, 0.25) is 0 Å². The second-order valence-electron chi connectivity index (χ2n) is 25.4. The Morgan fingerprint density at radius 1 is 0.287 bits per heavy atom. The lowest BCUT2D eigenvalue weighted by Crippen LogP contribution is -2.30. The van der Waals surface area contributed by atoms with Gasteiger partial charge in [0.05, 0.1) is 26.4 Å². The van der Waals surface area contributed by atoms with Crippen LogP contribution in [0.5, 0.6) is 0 Å². The topological polar surface area (TPSA) is 231 Å². The number of unbranched alkanes of at least 4 members (excludes halogenated alkanes) is 23. The molecule has 0 spiro atoms. The monoisotopic (exact) mass is 1450 g/mol. The fraction of sp³-hybridized carbons (Fsp3) is 0.651. The predicted molar refractivity (Wildman–Crippen MR) is 417 cm³/mol. The third-order valence-corrected chi connectivity index (χ3v) is 17.6. The third kappa shape index (κ3) is 76.1. The summed E-state index contributed by atoms with van der Waals surface area (Å²) < 4.78 is 60.9. The maximum Gasteiger partial charge on any atom is 0.472 e. The van der Waals surface area contributed by atoms with Crippen LogP contribution in [0.1, 0.15) is 290 Å². The predicted octanol–water partition coefficient (Wildman–Crippen LogP) is 22.6. The molecule has 5 unspecified atom stereocenters. The molecule has 0 aliphatic heterocycles. The van der Waals surface area contributed by atoms with E-state index in [1.54, 1.807) is 0 Å². The van der Waals surface area contributed by atoms with E-state index in [9.17, 15) is 43.5 Å². The largest absolute Gasteiger partial charge is 0.472 e. The average molecular weight is 1450 g/mol. The molecule has 0 aromatic carbocycles. The summed E-state index contributed by atoms with van der Waals surface area (Å²) in [5.74, 6) is -1.69. The molecule has 0 aliphatic carbocycles. The number of aliphatic hydroxyl groups excluding tert-OH is 2. The van der Waals surface area contributed by atoms with Crippen molar-refractivity contribution in [1.82, 2.24) is 0 Å². The number of carbonyl (C=O) groups excluding carboxylic acids is 3. The molecule has 16 nitrogen and oxygen atoms in total. The van der Waals surface area contributed by atoms with Crippen molar-refractivity contribution in [3.8, 4) is 0 Å². The summed E-state index contributed by atoms with van der Waals surface area (Å²) in [6.45, 7) is 2.27. The number of allylic oxidation sites excluding steroid dienone is 26. The Morgan fingerprint density at radius 3 is 0.891 bits per heavy atom. The molecule has 0 fully saturated rings. The Kier molecular flexibility index (Phi) is 71.3. The van der Waals surface area contributed by atoms with Gasteiger partial charge in [-0.2, -0.15) is 0 Å². The normalized spacial score (nSPS) is 14.9. The first-order chi connectivity index (χ1) is 49.2. The van der Waals surface area contributed by atoms with Gasteiger partial charge in [-0.15, -0.1) is 0 Å². The molecular weight excluding hydrogens is 1310 g/mol. The lowest BCUT2D eigenvalue weighted by Gasteiger charge is -2.21. The highest BCUT2D eigenvalue weighted by atomic mass is 31.2. The van der Waals surface area contributed by atoms with Crippen LogP contribution in [-0.4, -0.2) is 95.9 Å². The van der Waals surface area contributed by atoms with Crippen molar-refractivity contribution in [3.63, 3.8) is 0 Å². The highest BCUT2D eigenvalue weighted by Gasteiger charge is 2.29. The number of phosphoric ester groups is 2. The molecule has 0 heterocycles.